The van der Waals surface area contributed by atoms with Gasteiger partial charge in [0, 0.05) is 0 Å². The predicted molar refractivity (Wildman–Crippen MR) is 51.1 cm³/mol. The molecule has 0 spiro atoms. The molecule has 1 saturated carbocycles. The standard InChI is InChI=1S/C10H19.In/c1-2-4-6-8-10-9-7-5-3-1;/h1H,2-10H2;. The first-order chi connectivity index (χ1) is 5.39. The van der Waals surface area contributed by atoms with E-state index in [1.807, 2.05) is 0 Å². The molecule has 1 aliphatic carbocycles. The molecule has 1 fully saturated rings. The predicted octanol–water partition coefficient (Wildman–Crippen LogP) is 3.47. The quantitative estimate of drug-likeness (QED) is 0.621. The fourth-order valence-corrected chi connectivity index (χ4v) is 3.19. The second kappa shape index (κ2) is 6.39. The van der Waals surface area contributed by atoms with Gasteiger partial charge in [0.05, 0.1) is 0 Å². The summed E-state index contributed by atoms with van der Waals surface area (Å²) in [7, 11) is 0. The first kappa shape index (κ1) is 9.95. The van der Waals surface area contributed by atoms with Crippen LogP contribution in [0.3, 0.4) is 0 Å². The van der Waals surface area contributed by atoms with Gasteiger partial charge in [0.15, 0.2) is 0 Å². The van der Waals surface area contributed by atoms with Gasteiger partial charge in [-0.2, -0.15) is 0 Å². The normalized spacial score (nSPS) is 24.7. The second-order valence-electron chi connectivity index (χ2n) is 3.81. The fourth-order valence-electron chi connectivity index (χ4n) is 1.84. The Bertz CT molecular complexity index is 80.9. The molecule has 62 valence electrons. The van der Waals surface area contributed by atoms with E-state index in [1.165, 1.54) is 69.3 Å². The topological polar surface area (TPSA) is 0 Å². The Labute approximate surface area is 85.7 Å². The van der Waals surface area contributed by atoms with Crippen molar-refractivity contribution in [3.63, 3.8) is 0 Å². The molecule has 0 aliphatic heterocycles. The summed E-state index contributed by atoms with van der Waals surface area (Å²) in [4.78, 5) is 0. The molecule has 0 aromatic heterocycles. The van der Waals surface area contributed by atoms with E-state index in [0.717, 1.165) is 3.67 Å². The van der Waals surface area contributed by atoms with Gasteiger partial charge in [-0.1, -0.05) is 0 Å². The Morgan fingerprint density at radius 1 is 0.636 bits per heavy atom. The monoisotopic (exact) mass is 254 g/mol. The average molecular weight is 254 g/mol. The van der Waals surface area contributed by atoms with Gasteiger partial charge < -0.3 is 0 Å². The molecule has 0 amide bonds. The Morgan fingerprint density at radius 3 is 1.45 bits per heavy atom. The molecule has 1 rings (SSSR count). The molecule has 0 unspecified atom stereocenters. The van der Waals surface area contributed by atoms with E-state index in [0.29, 0.717) is 0 Å². The zero-order chi connectivity index (χ0) is 7.94. The van der Waals surface area contributed by atoms with Crippen LogP contribution in [0.2, 0.25) is 3.67 Å². The van der Waals surface area contributed by atoms with Gasteiger partial charge in [-0.3, -0.25) is 0 Å². The summed E-state index contributed by atoms with van der Waals surface area (Å²) < 4.78 is 1.14. The van der Waals surface area contributed by atoms with Crippen LogP contribution in [-0.2, 0) is 0 Å². The molecular formula is C10H19In. The van der Waals surface area contributed by atoms with Crippen LogP contribution in [0.1, 0.15) is 57.8 Å². The molecular weight excluding hydrogens is 235 g/mol. The molecule has 11 heavy (non-hydrogen) atoms. The van der Waals surface area contributed by atoms with Crippen LogP contribution in [-0.4, -0.2) is 24.4 Å². The molecule has 0 saturated heterocycles. The molecule has 0 aromatic rings. The van der Waals surface area contributed by atoms with Crippen LogP contribution in [0, 0.1) is 0 Å². The zero-order valence-electron chi connectivity index (χ0n) is 7.52. The first-order valence-corrected chi connectivity index (χ1v) is 7.05. The Morgan fingerprint density at radius 2 is 1.00 bits per heavy atom. The van der Waals surface area contributed by atoms with Crippen molar-refractivity contribution in [2.24, 2.45) is 0 Å². The molecule has 0 aromatic carbocycles. The van der Waals surface area contributed by atoms with Crippen molar-refractivity contribution in [2.75, 3.05) is 0 Å². The number of hydrogen-bond donors (Lipinski definition) is 0. The molecule has 0 nitrogen and oxygen atoms in total. The maximum atomic E-state index is 1.54. The molecule has 2 radical (unpaired) electrons. The van der Waals surface area contributed by atoms with Crippen LogP contribution < -0.4 is 0 Å². The third kappa shape index (κ3) is 5.16. The minimum absolute atomic E-state index is 1.14. The van der Waals surface area contributed by atoms with Crippen molar-refractivity contribution in [3.8, 4) is 0 Å². The van der Waals surface area contributed by atoms with E-state index in [2.05, 4.69) is 0 Å². The SMILES string of the molecule is [In][CH]1CCCCCCCCC1. The summed E-state index contributed by atoms with van der Waals surface area (Å²) in [6.07, 6.45) is 13.7. The van der Waals surface area contributed by atoms with Crippen LogP contribution in [0.4, 0.5) is 0 Å². The second-order valence-corrected chi connectivity index (χ2v) is 6.50. The van der Waals surface area contributed by atoms with Gasteiger partial charge in [-0.05, 0) is 0 Å². The maximum absolute atomic E-state index is 1.54. The van der Waals surface area contributed by atoms with E-state index >= 15 is 0 Å². The zero-order valence-corrected chi connectivity index (χ0v) is 10.8. The molecule has 0 bridgehead atoms. The van der Waals surface area contributed by atoms with Crippen molar-refractivity contribution >= 4 is 24.4 Å². The van der Waals surface area contributed by atoms with Crippen molar-refractivity contribution in [1.29, 1.82) is 0 Å². The van der Waals surface area contributed by atoms with Crippen molar-refractivity contribution in [3.05, 3.63) is 0 Å². The van der Waals surface area contributed by atoms with E-state index in [-0.39, 0.29) is 0 Å². The van der Waals surface area contributed by atoms with E-state index in [1.54, 1.807) is 12.8 Å². The van der Waals surface area contributed by atoms with Gasteiger partial charge in [-0.25, -0.2) is 0 Å². The third-order valence-corrected chi connectivity index (χ3v) is 4.55. The summed E-state index contributed by atoms with van der Waals surface area (Å²) >= 11 is 1.51. The van der Waals surface area contributed by atoms with Crippen molar-refractivity contribution in [2.45, 2.75) is 61.5 Å². The van der Waals surface area contributed by atoms with Crippen LogP contribution in [0.5, 0.6) is 0 Å². The summed E-state index contributed by atoms with van der Waals surface area (Å²) in [6, 6.07) is 0. The van der Waals surface area contributed by atoms with Gasteiger partial charge in [0.25, 0.3) is 0 Å². The van der Waals surface area contributed by atoms with Crippen LogP contribution in [0.25, 0.3) is 0 Å². The van der Waals surface area contributed by atoms with Gasteiger partial charge >= 0.3 is 85.8 Å². The van der Waals surface area contributed by atoms with E-state index in [9.17, 15) is 0 Å². The summed E-state index contributed by atoms with van der Waals surface area (Å²) in [5, 5.41) is 0. The molecule has 0 N–H and O–H groups in total. The van der Waals surface area contributed by atoms with E-state index < -0.39 is 0 Å². The summed E-state index contributed by atoms with van der Waals surface area (Å²) in [6.45, 7) is 0. The van der Waals surface area contributed by atoms with Crippen molar-refractivity contribution in [1.82, 2.24) is 0 Å². The Balaban J connectivity index is 2.12. The minimum atomic E-state index is 1.14. The Kier molecular flexibility index (Phi) is 5.79. The van der Waals surface area contributed by atoms with Crippen molar-refractivity contribution < 1.29 is 0 Å². The Hall–Kier alpha value is 0.870. The summed E-state index contributed by atoms with van der Waals surface area (Å²) in [5.74, 6) is 0. The molecule has 0 heterocycles. The van der Waals surface area contributed by atoms with Crippen LogP contribution >= 0.6 is 0 Å². The van der Waals surface area contributed by atoms with Gasteiger partial charge in [0.2, 0.25) is 0 Å². The molecule has 1 heteroatoms. The number of hydrogen-bond acceptors (Lipinski definition) is 0. The first-order valence-electron chi connectivity index (χ1n) is 5.15. The van der Waals surface area contributed by atoms with E-state index in [4.69, 9.17) is 0 Å². The van der Waals surface area contributed by atoms with Gasteiger partial charge in [-0.15, -0.1) is 0 Å². The third-order valence-electron chi connectivity index (χ3n) is 2.65. The van der Waals surface area contributed by atoms with Gasteiger partial charge in [0.1, 0.15) is 0 Å². The molecule has 0 atom stereocenters. The molecule has 1 aliphatic rings. The fraction of sp³-hybridized carbons (Fsp3) is 1.00. The van der Waals surface area contributed by atoms with Crippen LogP contribution in [0.15, 0.2) is 0 Å². The number of rotatable bonds is 0. The average Bonchev–Trinajstić information content (AvgIpc) is 2.03. The summed E-state index contributed by atoms with van der Waals surface area (Å²) in [5.41, 5.74) is 0.